The third-order valence-corrected chi connectivity index (χ3v) is 9.16. The summed E-state index contributed by atoms with van der Waals surface area (Å²) in [5.74, 6) is 1.40. The Bertz CT molecular complexity index is 1290. The van der Waals surface area contributed by atoms with Crippen LogP contribution in [0.25, 0.3) is 10.2 Å². The number of hydrogen-bond acceptors (Lipinski definition) is 11. The molecule has 5 heterocycles. The maximum Gasteiger partial charge on any atom is 0.409 e. The number of rotatable bonds is 7. The van der Waals surface area contributed by atoms with Crippen LogP contribution in [0.1, 0.15) is 57.2 Å². The van der Waals surface area contributed by atoms with Gasteiger partial charge in [-0.05, 0) is 63.9 Å². The Labute approximate surface area is 238 Å². The molecule has 0 spiro atoms. The highest BCUT2D eigenvalue weighted by molar-refractivity contribution is 7.13. The summed E-state index contributed by atoms with van der Waals surface area (Å²) in [6, 6.07) is 1.27. The van der Waals surface area contributed by atoms with Crippen molar-refractivity contribution >= 4 is 45.3 Å². The lowest BCUT2D eigenvalue weighted by molar-refractivity contribution is 0.0574. The van der Waals surface area contributed by atoms with Crippen molar-refractivity contribution in [3.05, 3.63) is 18.1 Å². The summed E-state index contributed by atoms with van der Waals surface area (Å²) < 4.78 is 17.2. The number of nitrogens with zero attached hydrogens (tertiary/aromatic N) is 7. The van der Waals surface area contributed by atoms with Crippen molar-refractivity contribution in [2.45, 2.75) is 70.5 Å². The Kier molecular flexibility index (Phi) is 8.30. The van der Waals surface area contributed by atoms with Gasteiger partial charge in [0.2, 0.25) is 5.95 Å². The van der Waals surface area contributed by atoms with Gasteiger partial charge >= 0.3 is 6.09 Å². The monoisotopic (exact) mass is 569 g/mol. The molecular weight excluding hydrogens is 530 g/mol. The SMILES string of the molecule is CCOC(=O)N1CCN([C@H]2CC[C@H](Nc3nc(Nc4cnn(C5CCOCC5)c4)nc4snc(C)c34)CC2)CC1. The molecular formula is C27H39N9O3S. The highest BCUT2D eigenvalue weighted by atomic mass is 32.1. The third-order valence-electron chi connectivity index (χ3n) is 8.32. The minimum absolute atomic E-state index is 0.188. The van der Waals surface area contributed by atoms with Gasteiger partial charge in [-0.3, -0.25) is 9.58 Å². The zero-order chi connectivity index (χ0) is 27.5. The number of ether oxygens (including phenoxy) is 2. The first-order chi connectivity index (χ1) is 19.6. The average Bonchev–Trinajstić information content (AvgIpc) is 3.61. The second-order valence-electron chi connectivity index (χ2n) is 10.9. The second kappa shape index (κ2) is 12.2. The van der Waals surface area contributed by atoms with E-state index in [1.54, 1.807) is 0 Å². The van der Waals surface area contributed by atoms with E-state index in [4.69, 9.17) is 19.4 Å². The summed E-state index contributed by atoms with van der Waals surface area (Å²) in [5, 5.41) is 12.7. The van der Waals surface area contributed by atoms with E-state index in [0.717, 1.165) is 105 Å². The molecule has 3 fully saturated rings. The van der Waals surface area contributed by atoms with Gasteiger partial charge in [0.15, 0.2) is 4.83 Å². The highest BCUT2D eigenvalue weighted by Crippen LogP contribution is 2.32. The number of anilines is 3. The van der Waals surface area contributed by atoms with Crippen molar-refractivity contribution in [3.63, 3.8) is 0 Å². The van der Waals surface area contributed by atoms with Gasteiger partial charge in [0.25, 0.3) is 0 Å². The highest BCUT2D eigenvalue weighted by Gasteiger charge is 2.30. The molecule has 13 heteroatoms. The number of aromatic nitrogens is 5. The average molecular weight is 570 g/mol. The Morgan fingerprint density at radius 3 is 2.60 bits per heavy atom. The largest absolute Gasteiger partial charge is 0.450 e. The lowest BCUT2D eigenvalue weighted by atomic mass is 9.89. The lowest BCUT2D eigenvalue weighted by Crippen LogP contribution is -2.53. The molecule has 0 unspecified atom stereocenters. The van der Waals surface area contributed by atoms with Crippen LogP contribution in [0.2, 0.25) is 0 Å². The Morgan fingerprint density at radius 2 is 1.85 bits per heavy atom. The van der Waals surface area contributed by atoms with Crippen LogP contribution in [0.5, 0.6) is 0 Å². The Morgan fingerprint density at radius 1 is 1.07 bits per heavy atom. The summed E-state index contributed by atoms with van der Waals surface area (Å²) in [6.45, 7) is 9.15. The first-order valence-electron chi connectivity index (χ1n) is 14.5. The van der Waals surface area contributed by atoms with Crippen molar-refractivity contribution in [2.75, 3.05) is 56.6 Å². The van der Waals surface area contributed by atoms with Gasteiger partial charge < -0.3 is 25.0 Å². The fraction of sp³-hybridized carbons (Fsp3) is 0.667. The predicted octanol–water partition coefficient (Wildman–Crippen LogP) is 4.18. The molecule has 1 aliphatic carbocycles. The minimum Gasteiger partial charge on any atom is -0.450 e. The van der Waals surface area contributed by atoms with Crippen molar-refractivity contribution in [2.24, 2.45) is 0 Å². The van der Waals surface area contributed by atoms with E-state index in [2.05, 4.69) is 25.0 Å². The number of aryl methyl sites for hydroxylation is 1. The van der Waals surface area contributed by atoms with Crippen molar-refractivity contribution in [3.8, 4) is 0 Å². The molecule has 0 radical (unpaired) electrons. The maximum absolute atomic E-state index is 12.0. The van der Waals surface area contributed by atoms with E-state index in [9.17, 15) is 4.79 Å². The molecule has 2 aliphatic heterocycles. The molecule has 40 heavy (non-hydrogen) atoms. The third kappa shape index (κ3) is 6.01. The van der Waals surface area contributed by atoms with Crippen LogP contribution in [-0.2, 0) is 9.47 Å². The molecule has 0 bridgehead atoms. The van der Waals surface area contributed by atoms with E-state index in [-0.39, 0.29) is 6.09 Å². The van der Waals surface area contributed by atoms with E-state index in [1.807, 2.05) is 35.8 Å². The molecule has 2 saturated heterocycles. The van der Waals surface area contributed by atoms with E-state index >= 15 is 0 Å². The van der Waals surface area contributed by atoms with E-state index in [1.165, 1.54) is 11.5 Å². The van der Waals surface area contributed by atoms with Gasteiger partial charge in [-0.15, -0.1) is 0 Å². The molecule has 1 saturated carbocycles. The zero-order valence-corrected chi connectivity index (χ0v) is 24.2. The zero-order valence-electron chi connectivity index (χ0n) is 23.3. The maximum atomic E-state index is 12.0. The van der Waals surface area contributed by atoms with Crippen molar-refractivity contribution in [1.82, 2.24) is 33.9 Å². The summed E-state index contributed by atoms with van der Waals surface area (Å²) in [7, 11) is 0. The summed E-state index contributed by atoms with van der Waals surface area (Å²) >= 11 is 1.41. The fourth-order valence-electron chi connectivity index (χ4n) is 6.09. The topological polar surface area (TPSA) is 123 Å². The standard InChI is InChI=1S/C27H39N9O3S/c1-3-39-27(37)35-12-10-34(11-13-35)21-6-4-19(5-7-21)29-24-23-18(2)33-40-25(23)32-26(31-24)30-20-16-28-36(17-20)22-8-14-38-15-9-22/h16-17,19,21-22H,3-15H2,1-2H3,(H2,29,30,31,32)/t19-,21-. The minimum atomic E-state index is -0.188. The molecule has 12 nitrogen and oxygen atoms in total. The number of amides is 1. The molecule has 3 aromatic heterocycles. The van der Waals surface area contributed by atoms with Crippen LogP contribution in [0.4, 0.5) is 22.2 Å². The van der Waals surface area contributed by atoms with Gasteiger partial charge in [-0.1, -0.05) is 0 Å². The second-order valence-corrected chi connectivity index (χ2v) is 11.6. The molecule has 0 atom stereocenters. The van der Waals surface area contributed by atoms with Gasteiger partial charge in [0.1, 0.15) is 5.82 Å². The normalized spacial score (nSPS) is 22.9. The quantitative estimate of drug-likeness (QED) is 0.428. The van der Waals surface area contributed by atoms with Crippen LogP contribution in [0.15, 0.2) is 12.4 Å². The van der Waals surface area contributed by atoms with E-state index in [0.29, 0.717) is 30.7 Å². The van der Waals surface area contributed by atoms with Crippen molar-refractivity contribution in [1.29, 1.82) is 0 Å². The fourth-order valence-corrected chi connectivity index (χ4v) is 6.87. The summed E-state index contributed by atoms with van der Waals surface area (Å²) in [5.41, 5.74) is 1.83. The molecule has 3 aliphatic rings. The van der Waals surface area contributed by atoms with Gasteiger partial charge in [0, 0.05) is 57.7 Å². The Hall–Kier alpha value is -3.03. The van der Waals surface area contributed by atoms with Crippen LogP contribution < -0.4 is 10.6 Å². The summed E-state index contributed by atoms with van der Waals surface area (Å²) in [6.07, 6.45) is 10.0. The summed E-state index contributed by atoms with van der Waals surface area (Å²) in [4.78, 5) is 27.0. The van der Waals surface area contributed by atoms with Gasteiger partial charge in [-0.2, -0.15) is 19.4 Å². The van der Waals surface area contributed by atoms with Gasteiger partial charge in [0.05, 0.1) is 35.6 Å². The number of piperazine rings is 1. The molecule has 3 aromatic rings. The number of carbonyl (C=O) groups is 1. The molecule has 0 aromatic carbocycles. The molecule has 1 amide bonds. The number of carbonyl (C=O) groups excluding carboxylic acids is 1. The number of fused-ring (bicyclic) bond motifs is 1. The Balaban J connectivity index is 1.08. The van der Waals surface area contributed by atoms with Gasteiger partial charge in [-0.25, -0.2) is 4.79 Å². The number of nitrogens with one attached hydrogen (secondary N) is 2. The molecule has 6 rings (SSSR count). The smallest absolute Gasteiger partial charge is 0.409 e. The van der Waals surface area contributed by atoms with Crippen LogP contribution >= 0.6 is 11.5 Å². The van der Waals surface area contributed by atoms with Crippen LogP contribution in [0.3, 0.4) is 0 Å². The first kappa shape index (κ1) is 27.2. The first-order valence-corrected chi connectivity index (χ1v) is 15.3. The van der Waals surface area contributed by atoms with Crippen molar-refractivity contribution < 1.29 is 14.3 Å². The molecule has 2 N–H and O–H groups in total. The van der Waals surface area contributed by atoms with Crippen LogP contribution in [-0.4, -0.2) is 98.1 Å². The lowest BCUT2D eigenvalue weighted by Gasteiger charge is -2.41. The molecule has 216 valence electrons. The predicted molar refractivity (Wildman–Crippen MR) is 154 cm³/mol. The number of hydrogen-bond donors (Lipinski definition) is 2. The van der Waals surface area contributed by atoms with Crippen LogP contribution in [0, 0.1) is 6.92 Å². The van der Waals surface area contributed by atoms with E-state index < -0.39 is 0 Å².